The summed E-state index contributed by atoms with van der Waals surface area (Å²) in [5.41, 5.74) is 3.64. The third-order valence-corrected chi connectivity index (χ3v) is 5.87. The predicted octanol–water partition coefficient (Wildman–Crippen LogP) is 4.14. The van der Waals surface area contributed by atoms with Crippen LogP contribution in [0.15, 0.2) is 60.8 Å². The van der Waals surface area contributed by atoms with E-state index in [1.165, 1.54) is 11.5 Å². The lowest BCUT2D eigenvalue weighted by Crippen LogP contribution is -2.49. The minimum atomic E-state index is -0.212. The lowest BCUT2D eigenvalue weighted by Gasteiger charge is -2.36. The van der Waals surface area contributed by atoms with Crippen LogP contribution in [0.2, 0.25) is 0 Å². The van der Waals surface area contributed by atoms with Crippen LogP contribution in [0.3, 0.4) is 0 Å². The Morgan fingerprint density at radius 3 is 2.57 bits per heavy atom. The SMILES string of the molecule is O=C(CCc1cc2c(cn1)[nH]c1ccccc12)N1CCN(c2ccccc2F)CC1. The molecule has 0 spiro atoms. The van der Waals surface area contributed by atoms with Crippen molar-refractivity contribution in [3.8, 4) is 0 Å². The van der Waals surface area contributed by atoms with Gasteiger partial charge in [0.1, 0.15) is 5.82 Å². The maximum Gasteiger partial charge on any atom is 0.223 e. The summed E-state index contributed by atoms with van der Waals surface area (Å²) in [5, 5.41) is 2.31. The standard InChI is InChI=1S/C24H23FN4O/c25-20-6-2-4-8-23(20)28-11-13-29(14-12-28)24(30)10-9-17-15-19-18-5-1-3-7-21(18)27-22(19)16-26-17/h1-8,15-16,27H,9-14H2. The molecule has 0 bridgehead atoms. The fraction of sp³-hybridized carbons (Fsp3) is 0.250. The van der Waals surface area contributed by atoms with E-state index in [4.69, 9.17) is 0 Å². The van der Waals surface area contributed by atoms with E-state index in [1.807, 2.05) is 34.2 Å². The molecular weight excluding hydrogens is 379 g/mol. The number of carbonyl (C=O) groups excluding carboxylic acids is 1. The van der Waals surface area contributed by atoms with E-state index in [9.17, 15) is 9.18 Å². The first kappa shape index (κ1) is 18.6. The van der Waals surface area contributed by atoms with Crippen LogP contribution < -0.4 is 4.90 Å². The number of pyridine rings is 1. The smallest absolute Gasteiger partial charge is 0.223 e. The van der Waals surface area contributed by atoms with Gasteiger partial charge in [0.15, 0.2) is 0 Å². The summed E-state index contributed by atoms with van der Waals surface area (Å²) in [6, 6.07) is 17.1. The lowest BCUT2D eigenvalue weighted by molar-refractivity contribution is -0.131. The second kappa shape index (κ2) is 7.78. The highest BCUT2D eigenvalue weighted by Gasteiger charge is 2.22. The Hall–Kier alpha value is -3.41. The highest BCUT2D eigenvalue weighted by molar-refractivity contribution is 6.06. The van der Waals surface area contributed by atoms with Gasteiger partial charge in [-0.15, -0.1) is 0 Å². The molecule has 5 rings (SSSR count). The molecule has 30 heavy (non-hydrogen) atoms. The van der Waals surface area contributed by atoms with Gasteiger partial charge in [0, 0.05) is 54.6 Å². The molecule has 0 aliphatic carbocycles. The molecular formula is C24H23FN4O. The maximum atomic E-state index is 14.0. The van der Waals surface area contributed by atoms with E-state index in [2.05, 4.69) is 28.2 Å². The normalized spacial score (nSPS) is 14.6. The number of anilines is 1. The van der Waals surface area contributed by atoms with Crippen molar-refractivity contribution >= 4 is 33.4 Å². The van der Waals surface area contributed by atoms with Crippen LogP contribution in [0.1, 0.15) is 12.1 Å². The summed E-state index contributed by atoms with van der Waals surface area (Å²) in [4.78, 5) is 24.5. The van der Waals surface area contributed by atoms with Crippen molar-refractivity contribution in [3.05, 3.63) is 72.3 Å². The Bertz CT molecular complexity index is 1210. The Morgan fingerprint density at radius 1 is 0.967 bits per heavy atom. The van der Waals surface area contributed by atoms with Crippen LogP contribution in [0.25, 0.3) is 21.8 Å². The van der Waals surface area contributed by atoms with E-state index < -0.39 is 0 Å². The molecule has 2 aromatic heterocycles. The van der Waals surface area contributed by atoms with Gasteiger partial charge >= 0.3 is 0 Å². The molecule has 6 heteroatoms. The number of carbonyl (C=O) groups is 1. The molecule has 1 aliphatic rings. The number of halogens is 1. The first-order chi connectivity index (χ1) is 14.7. The van der Waals surface area contributed by atoms with E-state index >= 15 is 0 Å². The Kier molecular flexibility index (Phi) is 4.83. The molecule has 152 valence electrons. The lowest BCUT2D eigenvalue weighted by atomic mass is 10.1. The Labute approximate surface area is 174 Å². The number of aryl methyl sites for hydroxylation is 1. The molecule has 0 unspecified atom stereocenters. The van der Waals surface area contributed by atoms with Crippen LogP contribution in [0, 0.1) is 5.82 Å². The number of hydrogen-bond acceptors (Lipinski definition) is 3. The third-order valence-electron chi connectivity index (χ3n) is 5.87. The number of para-hydroxylation sites is 2. The number of amides is 1. The van der Waals surface area contributed by atoms with Crippen molar-refractivity contribution in [2.45, 2.75) is 12.8 Å². The summed E-state index contributed by atoms with van der Waals surface area (Å²) >= 11 is 0. The van der Waals surface area contributed by atoms with Gasteiger partial charge in [-0.25, -0.2) is 4.39 Å². The zero-order valence-corrected chi connectivity index (χ0v) is 16.6. The Balaban J connectivity index is 1.21. The molecule has 4 aromatic rings. The highest BCUT2D eigenvalue weighted by atomic mass is 19.1. The number of aromatic amines is 1. The number of aromatic nitrogens is 2. The van der Waals surface area contributed by atoms with Gasteiger partial charge in [-0.1, -0.05) is 30.3 Å². The van der Waals surface area contributed by atoms with Gasteiger partial charge in [-0.2, -0.15) is 0 Å². The molecule has 0 saturated carbocycles. The fourth-order valence-electron chi connectivity index (χ4n) is 4.23. The van der Waals surface area contributed by atoms with Gasteiger partial charge < -0.3 is 14.8 Å². The molecule has 1 N–H and O–H groups in total. The van der Waals surface area contributed by atoms with Gasteiger partial charge in [0.25, 0.3) is 0 Å². The number of benzene rings is 2. The Morgan fingerprint density at radius 2 is 1.73 bits per heavy atom. The molecule has 2 aromatic carbocycles. The molecule has 1 amide bonds. The van der Waals surface area contributed by atoms with Crippen LogP contribution in [0.5, 0.6) is 0 Å². The number of hydrogen-bond donors (Lipinski definition) is 1. The summed E-state index contributed by atoms with van der Waals surface area (Å²) in [6.07, 6.45) is 2.89. The minimum absolute atomic E-state index is 0.129. The van der Waals surface area contributed by atoms with Crippen LogP contribution in [0.4, 0.5) is 10.1 Å². The zero-order chi connectivity index (χ0) is 20.5. The number of rotatable bonds is 4. The van der Waals surface area contributed by atoms with Gasteiger partial charge in [0.2, 0.25) is 5.91 Å². The largest absolute Gasteiger partial charge is 0.366 e. The maximum absolute atomic E-state index is 14.0. The topological polar surface area (TPSA) is 52.2 Å². The van der Waals surface area contributed by atoms with Crippen molar-refractivity contribution < 1.29 is 9.18 Å². The van der Waals surface area contributed by atoms with E-state index in [-0.39, 0.29) is 11.7 Å². The zero-order valence-electron chi connectivity index (χ0n) is 16.6. The molecule has 3 heterocycles. The van der Waals surface area contributed by atoms with Gasteiger partial charge in [0.05, 0.1) is 17.4 Å². The monoisotopic (exact) mass is 402 g/mol. The number of H-pyrrole nitrogens is 1. The first-order valence-corrected chi connectivity index (χ1v) is 10.3. The van der Waals surface area contributed by atoms with Gasteiger partial charge in [-0.05, 0) is 30.7 Å². The van der Waals surface area contributed by atoms with Crippen molar-refractivity contribution in [1.82, 2.24) is 14.9 Å². The average molecular weight is 402 g/mol. The van der Waals surface area contributed by atoms with Crippen molar-refractivity contribution in [3.63, 3.8) is 0 Å². The van der Waals surface area contributed by atoms with Crippen molar-refractivity contribution in [2.75, 3.05) is 31.1 Å². The number of nitrogens with one attached hydrogen (secondary N) is 1. The summed E-state index contributed by atoms with van der Waals surface area (Å²) in [6.45, 7) is 2.52. The molecule has 1 aliphatic heterocycles. The summed E-state index contributed by atoms with van der Waals surface area (Å²) < 4.78 is 14.0. The number of piperazine rings is 1. The molecule has 0 radical (unpaired) electrons. The third kappa shape index (κ3) is 3.49. The molecule has 5 nitrogen and oxygen atoms in total. The van der Waals surface area contributed by atoms with E-state index in [1.54, 1.807) is 12.1 Å². The molecule has 1 saturated heterocycles. The second-order valence-corrected chi connectivity index (χ2v) is 7.71. The van der Waals surface area contributed by atoms with E-state index in [0.717, 1.165) is 22.1 Å². The van der Waals surface area contributed by atoms with E-state index in [0.29, 0.717) is 44.7 Å². The van der Waals surface area contributed by atoms with Crippen LogP contribution >= 0.6 is 0 Å². The minimum Gasteiger partial charge on any atom is -0.366 e. The highest BCUT2D eigenvalue weighted by Crippen LogP contribution is 2.25. The summed E-state index contributed by atoms with van der Waals surface area (Å²) in [5.74, 6) is -0.0833. The van der Waals surface area contributed by atoms with Crippen LogP contribution in [-0.2, 0) is 11.2 Å². The van der Waals surface area contributed by atoms with Crippen molar-refractivity contribution in [1.29, 1.82) is 0 Å². The first-order valence-electron chi connectivity index (χ1n) is 10.3. The predicted molar refractivity (Wildman–Crippen MR) is 117 cm³/mol. The number of fused-ring (bicyclic) bond motifs is 3. The van der Waals surface area contributed by atoms with Gasteiger partial charge in [-0.3, -0.25) is 9.78 Å². The molecule has 1 fully saturated rings. The van der Waals surface area contributed by atoms with Crippen molar-refractivity contribution in [2.24, 2.45) is 0 Å². The average Bonchev–Trinajstić information content (AvgIpc) is 3.16. The molecule has 0 atom stereocenters. The van der Waals surface area contributed by atoms with Crippen LogP contribution in [-0.4, -0.2) is 47.0 Å². The quantitative estimate of drug-likeness (QED) is 0.558. The fourth-order valence-corrected chi connectivity index (χ4v) is 4.23. The summed E-state index contributed by atoms with van der Waals surface area (Å²) in [7, 11) is 0. The number of nitrogens with zero attached hydrogens (tertiary/aromatic N) is 3. The second-order valence-electron chi connectivity index (χ2n) is 7.71.